The summed E-state index contributed by atoms with van der Waals surface area (Å²) in [4.78, 5) is 38.3. The van der Waals surface area contributed by atoms with Crippen molar-refractivity contribution in [3.63, 3.8) is 0 Å². The molecule has 0 saturated carbocycles. The van der Waals surface area contributed by atoms with E-state index in [0.29, 0.717) is 17.9 Å². The van der Waals surface area contributed by atoms with Gasteiger partial charge in [-0.15, -0.1) is 6.58 Å². The number of imide groups is 2. The van der Waals surface area contributed by atoms with E-state index >= 15 is 0 Å². The van der Waals surface area contributed by atoms with Gasteiger partial charge in [0.25, 0.3) is 11.8 Å². The molecule has 0 unspecified atom stereocenters. The van der Waals surface area contributed by atoms with Gasteiger partial charge in [-0.3, -0.25) is 19.8 Å². The fraction of sp³-hybridized carbons (Fsp3) is 0.0952. The molecule has 0 atom stereocenters. The summed E-state index contributed by atoms with van der Waals surface area (Å²) < 4.78 is 7.19. The van der Waals surface area contributed by atoms with Crippen LogP contribution < -0.4 is 5.32 Å². The number of nitrogens with one attached hydrogen (secondary N) is 1. The van der Waals surface area contributed by atoms with Gasteiger partial charge in [-0.05, 0) is 24.3 Å². The number of para-hydroxylation sites is 1. The van der Waals surface area contributed by atoms with Crippen molar-refractivity contribution in [2.24, 2.45) is 0 Å². The Kier molecular flexibility index (Phi) is 4.41. The predicted molar refractivity (Wildman–Crippen MR) is 103 cm³/mol. The second-order valence-electron chi connectivity index (χ2n) is 6.33. The summed E-state index contributed by atoms with van der Waals surface area (Å²) in [7, 11) is 0. The molecule has 2 aromatic heterocycles. The summed E-state index contributed by atoms with van der Waals surface area (Å²) >= 11 is 0. The van der Waals surface area contributed by atoms with Gasteiger partial charge in [0.1, 0.15) is 11.3 Å². The molecule has 1 aromatic carbocycles. The minimum atomic E-state index is -0.766. The smallest absolute Gasteiger partial charge is 0.331 e. The lowest BCUT2D eigenvalue weighted by molar-refractivity contribution is -0.130. The molecule has 0 radical (unpaired) electrons. The molecular formula is C21H17N3O4. The second kappa shape index (κ2) is 7.03. The van der Waals surface area contributed by atoms with E-state index in [-0.39, 0.29) is 12.1 Å². The number of benzene rings is 1. The van der Waals surface area contributed by atoms with Crippen molar-refractivity contribution in [2.45, 2.75) is 13.1 Å². The van der Waals surface area contributed by atoms with Crippen LogP contribution in [0.15, 0.2) is 71.5 Å². The van der Waals surface area contributed by atoms with E-state index in [1.54, 1.807) is 18.2 Å². The van der Waals surface area contributed by atoms with Gasteiger partial charge >= 0.3 is 6.03 Å². The number of furan rings is 1. The SMILES string of the molecule is C=CCn1cc(C=C2C(=O)NC(=O)N(Cc3ccco3)C2=O)c2ccccc21. The number of hydrogen-bond acceptors (Lipinski definition) is 4. The van der Waals surface area contributed by atoms with Crippen molar-refractivity contribution in [3.05, 3.63) is 78.4 Å². The van der Waals surface area contributed by atoms with Crippen molar-refractivity contribution in [2.75, 3.05) is 0 Å². The second-order valence-corrected chi connectivity index (χ2v) is 6.33. The highest BCUT2D eigenvalue weighted by Gasteiger charge is 2.36. The molecule has 0 bridgehead atoms. The molecule has 3 heterocycles. The number of allylic oxidation sites excluding steroid dienone is 1. The van der Waals surface area contributed by atoms with E-state index in [1.807, 2.05) is 35.0 Å². The highest BCUT2D eigenvalue weighted by molar-refractivity contribution is 6.31. The molecule has 1 fully saturated rings. The molecule has 3 aromatic rings. The third kappa shape index (κ3) is 3.03. The van der Waals surface area contributed by atoms with Crippen molar-refractivity contribution >= 4 is 34.8 Å². The number of urea groups is 1. The van der Waals surface area contributed by atoms with Gasteiger partial charge in [-0.1, -0.05) is 24.3 Å². The van der Waals surface area contributed by atoms with E-state index in [1.165, 1.54) is 12.3 Å². The number of carbonyl (C=O) groups is 3. The first kappa shape index (κ1) is 17.5. The summed E-state index contributed by atoms with van der Waals surface area (Å²) in [6.45, 7) is 4.29. The van der Waals surface area contributed by atoms with Gasteiger partial charge < -0.3 is 8.98 Å². The van der Waals surface area contributed by atoms with E-state index in [0.717, 1.165) is 15.8 Å². The van der Waals surface area contributed by atoms with Crippen LogP contribution in [-0.4, -0.2) is 27.3 Å². The molecule has 0 aliphatic carbocycles. The lowest BCUT2D eigenvalue weighted by Gasteiger charge is -2.25. The minimum absolute atomic E-state index is 0.0550. The largest absolute Gasteiger partial charge is 0.467 e. The molecule has 28 heavy (non-hydrogen) atoms. The fourth-order valence-corrected chi connectivity index (χ4v) is 3.23. The Morgan fingerprint density at radius 1 is 1.11 bits per heavy atom. The topological polar surface area (TPSA) is 84.6 Å². The van der Waals surface area contributed by atoms with Gasteiger partial charge in [0.15, 0.2) is 0 Å². The number of hydrogen-bond donors (Lipinski definition) is 1. The molecule has 1 N–H and O–H groups in total. The van der Waals surface area contributed by atoms with Crippen LogP contribution in [0.1, 0.15) is 11.3 Å². The summed E-state index contributed by atoms with van der Waals surface area (Å²) in [5, 5.41) is 3.11. The van der Waals surface area contributed by atoms with Crippen molar-refractivity contribution < 1.29 is 18.8 Å². The van der Waals surface area contributed by atoms with Crippen LogP contribution in [0.5, 0.6) is 0 Å². The van der Waals surface area contributed by atoms with Crippen LogP contribution in [0.4, 0.5) is 4.79 Å². The molecular weight excluding hydrogens is 358 g/mol. The third-order valence-electron chi connectivity index (χ3n) is 4.52. The molecule has 4 rings (SSSR count). The first-order chi connectivity index (χ1) is 13.6. The Morgan fingerprint density at radius 2 is 1.93 bits per heavy atom. The summed E-state index contributed by atoms with van der Waals surface area (Å²) in [6, 6.07) is 10.2. The third-order valence-corrected chi connectivity index (χ3v) is 4.52. The number of aromatic nitrogens is 1. The van der Waals surface area contributed by atoms with E-state index < -0.39 is 17.8 Å². The molecule has 1 aliphatic heterocycles. The normalized spacial score (nSPS) is 16.1. The molecule has 4 amide bonds. The molecule has 140 valence electrons. The number of rotatable bonds is 5. The molecule has 0 spiro atoms. The molecule has 1 saturated heterocycles. The van der Waals surface area contributed by atoms with Crippen LogP contribution in [0.3, 0.4) is 0 Å². The maximum Gasteiger partial charge on any atom is 0.331 e. The summed E-state index contributed by atoms with van der Waals surface area (Å²) in [5.41, 5.74) is 1.57. The first-order valence-electron chi connectivity index (χ1n) is 8.68. The number of barbiturate groups is 1. The lowest BCUT2D eigenvalue weighted by atomic mass is 10.1. The average Bonchev–Trinajstić information content (AvgIpc) is 3.31. The van der Waals surface area contributed by atoms with Gasteiger partial charge in [0.2, 0.25) is 0 Å². The first-order valence-corrected chi connectivity index (χ1v) is 8.68. The van der Waals surface area contributed by atoms with Gasteiger partial charge in [0.05, 0.1) is 12.8 Å². The highest BCUT2D eigenvalue weighted by atomic mass is 16.3. The van der Waals surface area contributed by atoms with Gasteiger partial charge in [-0.2, -0.15) is 0 Å². The Morgan fingerprint density at radius 3 is 2.68 bits per heavy atom. The van der Waals surface area contributed by atoms with Crippen LogP contribution in [0, 0.1) is 0 Å². The zero-order valence-electron chi connectivity index (χ0n) is 14.9. The van der Waals surface area contributed by atoms with Gasteiger partial charge in [-0.25, -0.2) is 4.79 Å². The minimum Gasteiger partial charge on any atom is -0.467 e. The number of amides is 4. The maximum absolute atomic E-state index is 12.9. The monoisotopic (exact) mass is 375 g/mol. The van der Waals surface area contributed by atoms with Crippen molar-refractivity contribution in [1.82, 2.24) is 14.8 Å². The van der Waals surface area contributed by atoms with Gasteiger partial charge in [0, 0.05) is 29.2 Å². The quantitative estimate of drug-likeness (QED) is 0.422. The lowest BCUT2D eigenvalue weighted by Crippen LogP contribution is -2.53. The average molecular weight is 375 g/mol. The Labute approximate surface area is 160 Å². The molecule has 7 heteroatoms. The standard InChI is InChI=1S/C21H17N3O4/c1-2-9-23-12-14(16-7-3-4-8-18(16)23)11-17-19(25)22-21(27)24(20(17)26)13-15-6-5-10-28-15/h2-8,10-12H,1,9,13H2,(H,22,25,27). The van der Waals surface area contributed by atoms with E-state index in [9.17, 15) is 14.4 Å². The van der Waals surface area contributed by atoms with Crippen LogP contribution in [0.25, 0.3) is 17.0 Å². The molecule has 1 aliphatic rings. The summed E-state index contributed by atoms with van der Waals surface area (Å²) in [6.07, 6.45) is 6.60. The van der Waals surface area contributed by atoms with Crippen LogP contribution in [0.2, 0.25) is 0 Å². The van der Waals surface area contributed by atoms with E-state index in [4.69, 9.17) is 4.42 Å². The maximum atomic E-state index is 12.9. The zero-order chi connectivity index (χ0) is 19.7. The van der Waals surface area contributed by atoms with Crippen molar-refractivity contribution in [1.29, 1.82) is 0 Å². The molecule has 7 nitrogen and oxygen atoms in total. The number of fused-ring (bicyclic) bond motifs is 1. The van der Waals surface area contributed by atoms with Crippen molar-refractivity contribution in [3.8, 4) is 0 Å². The number of nitrogens with zero attached hydrogens (tertiary/aromatic N) is 2. The Balaban J connectivity index is 1.75. The van der Waals surface area contributed by atoms with Crippen LogP contribution >= 0.6 is 0 Å². The van der Waals surface area contributed by atoms with Crippen LogP contribution in [-0.2, 0) is 22.7 Å². The zero-order valence-corrected chi connectivity index (χ0v) is 14.9. The van der Waals surface area contributed by atoms with E-state index in [2.05, 4.69) is 11.9 Å². The summed E-state index contributed by atoms with van der Waals surface area (Å²) in [5.74, 6) is -0.934. The Bertz CT molecular complexity index is 1120. The Hall–Kier alpha value is -3.87. The number of carbonyl (C=O) groups excluding carboxylic acids is 3. The predicted octanol–water partition coefficient (Wildman–Crippen LogP) is 3.08. The highest BCUT2D eigenvalue weighted by Crippen LogP contribution is 2.25. The fourth-order valence-electron chi connectivity index (χ4n) is 3.23.